The van der Waals surface area contributed by atoms with Crippen LogP contribution in [0.3, 0.4) is 0 Å². The molecule has 0 aliphatic rings. The lowest BCUT2D eigenvalue weighted by Crippen LogP contribution is -2.31. The molecule has 4 aromatic rings. The molecule has 0 fully saturated rings. The van der Waals surface area contributed by atoms with E-state index in [1.54, 1.807) is 31.2 Å². The summed E-state index contributed by atoms with van der Waals surface area (Å²) in [6, 6.07) is 19.5. The number of hydrogen-bond donors (Lipinski definition) is 1. The molecule has 1 atom stereocenters. The monoisotopic (exact) mass is 511 g/mol. The maximum atomic E-state index is 13.3. The van der Waals surface area contributed by atoms with Crippen LogP contribution < -0.4 is 15.5 Å². The fraction of sp³-hybridized carbons (Fsp3) is 0.120. The summed E-state index contributed by atoms with van der Waals surface area (Å²) in [5.74, 6) is -0.178. The number of benzene rings is 3. The van der Waals surface area contributed by atoms with Gasteiger partial charge in [0, 0.05) is 20.7 Å². The van der Waals surface area contributed by atoms with Gasteiger partial charge in [-0.3, -0.25) is 9.59 Å². The number of nitrogens with one attached hydrogen (secondary N) is 1. The summed E-state index contributed by atoms with van der Waals surface area (Å²) in [5, 5.41) is 3.47. The molecule has 32 heavy (non-hydrogen) atoms. The second-order valence-corrected chi connectivity index (χ2v) is 8.70. The first-order valence-corrected chi connectivity index (χ1v) is 11.1. The molecule has 7 heteroatoms. The normalized spacial score (nSPS) is 11.9. The zero-order valence-electron chi connectivity index (χ0n) is 17.3. The molecular formula is C25H19BrClNO4. The van der Waals surface area contributed by atoms with Gasteiger partial charge in [-0.1, -0.05) is 57.4 Å². The van der Waals surface area contributed by atoms with Gasteiger partial charge in [-0.25, -0.2) is 0 Å². The molecule has 162 valence electrons. The second kappa shape index (κ2) is 9.18. The van der Waals surface area contributed by atoms with Gasteiger partial charge in [-0.15, -0.1) is 0 Å². The van der Waals surface area contributed by atoms with E-state index in [-0.39, 0.29) is 16.9 Å². The average Bonchev–Trinajstić information content (AvgIpc) is 2.78. The molecular weight excluding hydrogens is 494 g/mol. The standard InChI is InChI=1S/C25H19BrClNO4/c1-14-3-5-16(6-4-14)23-24(22(29)20-13-18(27)9-12-21(20)32-23)31-15(2)25(30)28-19-10-7-17(26)8-11-19/h3-13,15H,1-2H3,(H,28,30)/t15-/m0/s1. The summed E-state index contributed by atoms with van der Waals surface area (Å²) in [6.45, 7) is 3.54. The summed E-state index contributed by atoms with van der Waals surface area (Å²) in [6.07, 6.45) is -0.956. The van der Waals surface area contributed by atoms with Gasteiger partial charge >= 0.3 is 0 Å². The van der Waals surface area contributed by atoms with Crippen molar-refractivity contribution in [3.05, 3.63) is 92.0 Å². The summed E-state index contributed by atoms with van der Waals surface area (Å²) in [7, 11) is 0. The van der Waals surface area contributed by atoms with Crippen LogP contribution in [0, 0.1) is 6.92 Å². The SMILES string of the molecule is Cc1ccc(-c2oc3ccc(Cl)cc3c(=O)c2O[C@@H](C)C(=O)Nc2ccc(Br)cc2)cc1. The van der Waals surface area contributed by atoms with Crippen molar-refractivity contribution in [2.75, 3.05) is 5.32 Å². The molecule has 1 heterocycles. The zero-order chi connectivity index (χ0) is 22.8. The molecule has 5 nitrogen and oxygen atoms in total. The lowest BCUT2D eigenvalue weighted by atomic mass is 10.1. The Morgan fingerprint density at radius 2 is 1.75 bits per heavy atom. The fourth-order valence-electron chi connectivity index (χ4n) is 3.16. The van der Waals surface area contributed by atoms with Crippen LogP contribution in [0.4, 0.5) is 5.69 Å². The number of amides is 1. The molecule has 4 rings (SSSR count). The van der Waals surface area contributed by atoms with E-state index in [4.69, 9.17) is 20.8 Å². The van der Waals surface area contributed by atoms with Crippen LogP contribution in [-0.4, -0.2) is 12.0 Å². The number of anilines is 1. The summed E-state index contributed by atoms with van der Waals surface area (Å²) >= 11 is 9.45. The molecule has 0 bridgehead atoms. The number of rotatable bonds is 5. The van der Waals surface area contributed by atoms with Crippen LogP contribution in [-0.2, 0) is 4.79 Å². The Morgan fingerprint density at radius 1 is 1.06 bits per heavy atom. The van der Waals surface area contributed by atoms with E-state index in [0.717, 1.165) is 10.0 Å². The van der Waals surface area contributed by atoms with Crippen molar-refractivity contribution in [3.8, 4) is 17.1 Å². The van der Waals surface area contributed by atoms with Crippen LogP contribution in [0.25, 0.3) is 22.3 Å². The van der Waals surface area contributed by atoms with Crippen molar-refractivity contribution in [1.29, 1.82) is 0 Å². The largest absolute Gasteiger partial charge is 0.473 e. The number of halogens is 2. The van der Waals surface area contributed by atoms with Crippen LogP contribution >= 0.6 is 27.5 Å². The van der Waals surface area contributed by atoms with E-state index in [2.05, 4.69) is 21.2 Å². The van der Waals surface area contributed by atoms with E-state index in [1.807, 2.05) is 43.3 Å². The first kappa shape index (κ1) is 22.1. The van der Waals surface area contributed by atoms with Crippen molar-refractivity contribution >= 4 is 50.1 Å². The Balaban J connectivity index is 1.73. The maximum Gasteiger partial charge on any atom is 0.265 e. The highest BCUT2D eigenvalue weighted by Crippen LogP contribution is 2.32. The second-order valence-electron chi connectivity index (χ2n) is 7.35. The van der Waals surface area contributed by atoms with Gasteiger partial charge in [0.25, 0.3) is 5.91 Å². The zero-order valence-corrected chi connectivity index (χ0v) is 19.7. The number of ether oxygens (including phenoxy) is 1. The third-order valence-electron chi connectivity index (χ3n) is 4.90. The predicted molar refractivity (Wildman–Crippen MR) is 131 cm³/mol. The van der Waals surface area contributed by atoms with Crippen LogP contribution in [0.5, 0.6) is 5.75 Å². The van der Waals surface area contributed by atoms with Crippen molar-refractivity contribution in [2.24, 2.45) is 0 Å². The molecule has 0 unspecified atom stereocenters. The van der Waals surface area contributed by atoms with Gasteiger partial charge < -0.3 is 14.5 Å². The van der Waals surface area contributed by atoms with E-state index in [1.165, 1.54) is 6.07 Å². The number of fused-ring (bicyclic) bond motifs is 1. The Bertz CT molecular complexity index is 1350. The minimum absolute atomic E-state index is 0.0397. The third kappa shape index (κ3) is 4.71. The Labute approximate surface area is 198 Å². The van der Waals surface area contributed by atoms with E-state index in [9.17, 15) is 9.59 Å². The summed E-state index contributed by atoms with van der Waals surface area (Å²) in [4.78, 5) is 26.0. The molecule has 1 aromatic heterocycles. The third-order valence-corrected chi connectivity index (χ3v) is 5.66. The van der Waals surface area contributed by atoms with Gasteiger partial charge in [-0.2, -0.15) is 0 Å². The van der Waals surface area contributed by atoms with Gasteiger partial charge in [0.2, 0.25) is 11.2 Å². The smallest absolute Gasteiger partial charge is 0.265 e. The summed E-state index contributed by atoms with van der Waals surface area (Å²) < 4.78 is 12.8. The quantitative estimate of drug-likeness (QED) is 0.327. The number of carbonyl (C=O) groups excluding carboxylic acids is 1. The average molecular weight is 513 g/mol. The minimum atomic E-state index is -0.956. The van der Waals surface area contributed by atoms with Crippen molar-refractivity contribution in [1.82, 2.24) is 0 Å². The number of carbonyl (C=O) groups is 1. The van der Waals surface area contributed by atoms with E-state index >= 15 is 0 Å². The van der Waals surface area contributed by atoms with E-state index < -0.39 is 17.4 Å². The molecule has 1 N–H and O–H groups in total. The van der Waals surface area contributed by atoms with Crippen LogP contribution in [0.2, 0.25) is 5.02 Å². The molecule has 0 aliphatic heterocycles. The highest BCUT2D eigenvalue weighted by Gasteiger charge is 2.23. The van der Waals surface area contributed by atoms with Gasteiger partial charge in [0.05, 0.1) is 5.39 Å². The Kier molecular flexibility index (Phi) is 6.35. The molecule has 3 aromatic carbocycles. The first-order valence-electron chi connectivity index (χ1n) is 9.88. The van der Waals surface area contributed by atoms with Crippen molar-refractivity contribution < 1.29 is 13.9 Å². The Hall–Kier alpha value is -3.09. The topological polar surface area (TPSA) is 68.5 Å². The fourth-order valence-corrected chi connectivity index (χ4v) is 3.60. The molecule has 0 saturated carbocycles. The van der Waals surface area contributed by atoms with Crippen molar-refractivity contribution in [2.45, 2.75) is 20.0 Å². The van der Waals surface area contributed by atoms with Gasteiger partial charge in [0.1, 0.15) is 5.58 Å². The van der Waals surface area contributed by atoms with Crippen LogP contribution in [0.1, 0.15) is 12.5 Å². The van der Waals surface area contributed by atoms with Gasteiger partial charge in [-0.05, 0) is 56.3 Å². The lowest BCUT2D eigenvalue weighted by molar-refractivity contribution is -0.122. The first-order chi connectivity index (χ1) is 15.3. The highest BCUT2D eigenvalue weighted by atomic mass is 79.9. The molecule has 0 saturated heterocycles. The molecule has 0 spiro atoms. The lowest BCUT2D eigenvalue weighted by Gasteiger charge is -2.17. The minimum Gasteiger partial charge on any atom is -0.473 e. The van der Waals surface area contributed by atoms with E-state index in [0.29, 0.717) is 21.9 Å². The highest BCUT2D eigenvalue weighted by molar-refractivity contribution is 9.10. The van der Waals surface area contributed by atoms with Crippen LogP contribution in [0.15, 0.2) is 80.4 Å². The predicted octanol–water partition coefficient (Wildman–Crippen LogP) is 6.59. The molecule has 0 aliphatic carbocycles. The molecule has 1 amide bonds. The number of aryl methyl sites for hydroxylation is 1. The summed E-state index contributed by atoms with van der Waals surface area (Å²) in [5.41, 5.74) is 2.33. The van der Waals surface area contributed by atoms with Gasteiger partial charge in [0.15, 0.2) is 11.9 Å². The number of hydrogen-bond acceptors (Lipinski definition) is 4. The molecule has 0 radical (unpaired) electrons. The van der Waals surface area contributed by atoms with Crippen molar-refractivity contribution in [3.63, 3.8) is 0 Å². The Morgan fingerprint density at radius 3 is 2.44 bits per heavy atom. The maximum absolute atomic E-state index is 13.3.